The van der Waals surface area contributed by atoms with E-state index in [1.165, 1.54) is 12.1 Å². The number of halogens is 4. The van der Waals surface area contributed by atoms with Gasteiger partial charge in [-0.1, -0.05) is 11.6 Å². The van der Waals surface area contributed by atoms with Gasteiger partial charge in [-0.25, -0.2) is 12.8 Å². The fourth-order valence-corrected chi connectivity index (χ4v) is 3.66. The number of rotatable bonds is 3. The van der Waals surface area contributed by atoms with Crippen molar-refractivity contribution in [2.45, 2.75) is 4.90 Å². The summed E-state index contributed by atoms with van der Waals surface area (Å²) >= 11 is 12.0. The molecule has 112 valence electrons. The largest absolute Gasteiger partial charge is 0.398 e. The maximum atomic E-state index is 13.3. The van der Waals surface area contributed by atoms with Gasteiger partial charge in [-0.15, -0.1) is 0 Å². The lowest BCUT2D eigenvalue weighted by Gasteiger charge is -2.11. The van der Waals surface area contributed by atoms with Crippen LogP contribution in [-0.4, -0.2) is 8.42 Å². The molecule has 3 N–H and O–H groups in total. The molecule has 0 saturated carbocycles. The molecule has 0 amide bonds. The molecule has 0 spiro atoms. The summed E-state index contributed by atoms with van der Waals surface area (Å²) in [6, 6.07) is 6.62. The van der Waals surface area contributed by atoms with Crippen LogP contribution in [0.3, 0.4) is 0 Å². The topological polar surface area (TPSA) is 72.2 Å². The zero-order chi connectivity index (χ0) is 15.8. The van der Waals surface area contributed by atoms with Crippen molar-refractivity contribution in [3.8, 4) is 0 Å². The van der Waals surface area contributed by atoms with Crippen LogP contribution in [0.15, 0.2) is 44.2 Å². The van der Waals surface area contributed by atoms with E-state index in [4.69, 9.17) is 17.3 Å². The van der Waals surface area contributed by atoms with Gasteiger partial charge >= 0.3 is 0 Å². The van der Waals surface area contributed by atoms with Gasteiger partial charge in [0.1, 0.15) is 10.7 Å². The average Bonchev–Trinajstić information content (AvgIpc) is 2.37. The molecule has 2 aromatic carbocycles. The SMILES string of the molecule is Nc1cc(F)c(Br)cc1S(=O)(=O)Nc1ccc(Br)c(Cl)c1. The number of nitrogen functional groups attached to an aromatic ring is 1. The van der Waals surface area contributed by atoms with Crippen LogP contribution in [0.4, 0.5) is 15.8 Å². The summed E-state index contributed by atoms with van der Waals surface area (Å²) in [6.45, 7) is 0. The normalized spacial score (nSPS) is 11.4. The summed E-state index contributed by atoms with van der Waals surface area (Å²) < 4.78 is 40.9. The summed E-state index contributed by atoms with van der Waals surface area (Å²) in [5.41, 5.74) is 5.65. The van der Waals surface area contributed by atoms with Gasteiger partial charge in [-0.3, -0.25) is 4.72 Å². The Kier molecular flexibility index (Phi) is 4.82. The van der Waals surface area contributed by atoms with Crippen LogP contribution in [-0.2, 0) is 10.0 Å². The predicted molar refractivity (Wildman–Crippen MR) is 88.5 cm³/mol. The predicted octanol–water partition coefficient (Wildman–Crippen LogP) is 4.39. The average molecular weight is 459 g/mol. The van der Waals surface area contributed by atoms with Gasteiger partial charge in [-0.05, 0) is 62.2 Å². The van der Waals surface area contributed by atoms with Crippen LogP contribution in [0.2, 0.25) is 5.02 Å². The van der Waals surface area contributed by atoms with Gasteiger partial charge in [0, 0.05) is 4.47 Å². The Hall–Kier alpha value is -0.830. The number of anilines is 2. The third-order valence-corrected chi connectivity index (χ3v) is 5.79. The van der Waals surface area contributed by atoms with Crippen LogP contribution in [0.5, 0.6) is 0 Å². The molecule has 0 atom stereocenters. The van der Waals surface area contributed by atoms with E-state index in [0.717, 1.165) is 12.1 Å². The van der Waals surface area contributed by atoms with Gasteiger partial charge < -0.3 is 5.73 Å². The second-order valence-corrected chi connectivity index (χ2v) is 7.81. The third kappa shape index (κ3) is 3.68. The van der Waals surface area contributed by atoms with Gasteiger partial charge in [0.05, 0.1) is 20.9 Å². The first-order chi connectivity index (χ1) is 9.70. The number of nitrogens with one attached hydrogen (secondary N) is 1. The summed E-state index contributed by atoms with van der Waals surface area (Å²) in [5, 5.41) is 0.350. The minimum atomic E-state index is -3.96. The van der Waals surface area contributed by atoms with Crippen LogP contribution in [0.1, 0.15) is 0 Å². The number of benzene rings is 2. The van der Waals surface area contributed by atoms with Crippen molar-refractivity contribution in [3.05, 3.63) is 50.1 Å². The molecule has 0 aliphatic rings. The molecule has 0 aliphatic heterocycles. The lowest BCUT2D eigenvalue weighted by Crippen LogP contribution is -2.15. The minimum absolute atomic E-state index is 0.00548. The second kappa shape index (κ2) is 6.12. The van der Waals surface area contributed by atoms with Gasteiger partial charge in [0.2, 0.25) is 0 Å². The molecule has 0 aromatic heterocycles. The molecule has 2 aromatic rings. The molecule has 0 unspecified atom stereocenters. The highest BCUT2D eigenvalue weighted by Gasteiger charge is 2.20. The Morgan fingerprint density at radius 1 is 1.14 bits per heavy atom. The molecule has 0 heterocycles. The molecule has 21 heavy (non-hydrogen) atoms. The standard InChI is InChI=1S/C12H8Br2ClFN2O2S/c13-7-2-1-6(3-9(7)15)18-21(19,20)12-4-8(14)10(16)5-11(12)17/h1-5,18H,17H2. The van der Waals surface area contributed by atoms with Crippen LogP contribution in [0.25, 0.3) is 0 Å². The van der Waals surface area contributed by atoms with Gasteiger partial charge in [0.25, 0.3) is 10.0 Å². The van der Waals surface area contributed by atoms with Crippen molar-refractivity contribution < 1.29 is 12.8 Å². The number of nitrogens with two attached hydrogens (primary N) is 1. The summed E-state index contributed by atoms with van der Waals surface area (Å²) in [6.07, 6.45) is 0. The number of hydrogen-bond donors (Lipinski definition) is 2. The summed E-state index contributed by atoms with van der Waals surface area (Å²) in [5.74, 6) is -0.641. The molecule has 4 nitrogen and oxygen atoms in total. The molecule has 0 saturated heterocycles. The van der Waals surface area contributed by atoms with E-state index in [1.807, 2.05) is 0 Å². The Morgan fingerprint density at radius 3 is 2.43 bits per heavy atom. The molecule has 0 bridgehead atoms. The lowest BCUT2D eigenvalue weighted by atomic mass is 10.3. The second-order valence-electron chi connectivity index (χ2n) is 4.04. The maximum Gasteiger partial charge on any atom is 0.263 e. The smallest absolute Gasteiger partial charge is 0.263 e. The molecular weight excluding hydrogens is 450 g/mol. The quantitative estimate of drug-likeness (QED) is 0.671. The summed E-state index contributed by atoms with van der Waals surface area (Å²) in [7, 11) is -3.96. The molecule has 9 heteroatoms. The van der Waals surface area contributed by atoms with Gasteiger partial charge in [0.15, 0.2) is 0 Å². The first-order valence-electron chi connectivity index (χ1n) is 5.43. The summed E-state index contributed by atoms with van der Waals surface area (Å²) in [4.78, 5) is -0.227. The van der Waals surface area contributed by atoms with E-state index in [-0.39, 0.29) is 20.7 Å². The Labute approximate surface area is 142 Å². The van der Waals surface area contributed by atoms with Crippen molar-refractivity contribution in [3.63, 3.8) is 0 Å². The molecule has 0 fully saturated rings. The highest BCUT2D eigenvalue weighted by atomic mass is 79.9. The zero-order valence-electron chi connectivity index (χ0n) is 10.2. The first kappa shape index (κ1) is 16.5. The molecule has 0 radical (unpaired) electrons. The van der Waals surface area contributed by atoms with Crippen LogP contribution < -0.4 is 10.5 Å². The van der Waals surface area contributed by atoms with E-state index in [2.05, 4.69) is 36.6 Å². The third-order valence-electron chi connectivity index (χ3n) is 2.51. The fraction of sp³-hybridized carbons (Fsp3) is 0. The zero-order valence-corrected chi connectivity index (χ0v) is 14.9. The lowest BCUT2D eigenvalue weighted by molar-refractivity contribution is 0.599. The molecular formula is C12H8Br2ClFN2O2S. The maximum absolute atomic E-state index is 13.3. The Morgan fingerprint density at radius 2 is 1.81 bits per heavy atom. The number of sulfonamides is 1. The van der Waals surface area contributed by atoms with Crippen molar-refractivity contribution in [2.75, 3.05) is 10.5 Å². The van der Waals surface area contributed by atoms with E-state index in [1.54, 1.807) is 6.07 Å². The van der Waals surface area contributed by atoms with E-state index in [9.17, 15) is 12.8 Å². The highest BCUT2D eigenvalue weighted by Crippen LogP contribution is 2.30. The highest BCUT2D eigenvalue weighted by molar-refractivity contribution is 9.10. The Balaban J connectivity index is 2.43. The Bertz CT molecular complexity index is 815. The fourth-order valence-electron chi connectivity index (χ4n) is 1.55. The molecule has 0 aliphatic carbocycles. The van der Waals surface area contributed by atoms with Crippen molar-refractivity contribution >= 4 is 64.9 Å². The monoisotopic (exact) mass is 456 g/mol. The molecule has 2 rings (SSSR count). The van der Waals surface area contributed by atoms with Crippen LogP contribution in [0, 0.1) is 5.82 Å². The van der Waals surface area contributed by atoms with Crippen LogP contribution >= 0.6 is 43.5 Å². The van der Waals surface area contributed by atoms with E-state index >= 15 is 0 Å². The minimum Gasteiger partial charge on any atom is -0.398 e. The van der Waals surface area contributed by atoms with E-state index < -0.39 is 15.8 Å². The number of hydrogen-bond acceptors (Lipinski definition) is 3. The van der Waals surface area contributed by atoms with Gasteiger partial charge in [-0.2, -0.15) is 0 Å². The van der Waals surface area contributed by atoms with E-state index in [0.29, 0.717) is 9.50 Å². The first-order valence-corrected chi connectivity index (χ1v) is 8.88. The van der Waals surface area contributed by atoms with Crippen molar-refractivity contribution in [1.82, 2.24) is 0 Å². The van der Waals surface area contributed by atoms with Crippen molar-refractivity contribution in [2.24, 2.45) is 0 Å². The van der Waals surface area contributed by atoms with Crippen molar-refractivity contribution in [1.29, 1.82) is 0 Å².